The Morgan fingerprint density at radius 1 is 1.16 bits per heavy atom. The van der Waals surface area contributed by atoms with E-state index in [0.717, 1.165) is 6.07 Å². The first-order valence-corrected chi connectivity index (χ1v) is 7.15. The van der Waals surface area contributed by atoms with E-state index in [0.29, 0.717) is 16.7 Å². The molecule has 0 saturated heterocycles. The number of carbonyl (C=O) groups excluding carboxylic acids is 1. The van der Waals surface area contributed by atoms with Crippen LogP contribution in [0.2, 0.25) is 0 Å². The van der Waals surface area contributed by atoms with Crippen molar-refractivity contribution in [3.63, 3.8) is 0 Å². The Labute approximate surface area is 140 Å². The predicted octanol–water partition coefficient (Wildman–Crippen LogP) is 2.96. The van der Waals surface area contributed by atoms with E-state index in [4.69, 9.17) is 9.15 Å². The molecule has 1 amide bonds. The maximum Gasteiger partial charge on any atom is 0.336 e. The van der Waals surface area contributed by atoms with Crippen LogP contribution in [0, 0.1) is 10.1 Å². The van der Waals surface area contributed by atoms with Gasteiger partial charge in [-0.2, -0.15) is 0 Å². The molecule has 25 heavy (non-hydrogen) atoms. The lowest BCUT2D eigenvalue weighted by atomic mass is 10.1. The first-order valence-electron chi connectivity index (χ1n) is 7.15. The average molecular weight is 340 g/mol. The summed E-state index contributed by atoms with van der Waals surface area (Å²) in [7, 11) is 1.32. The van der Waals surface area contributed by atoms with Crippen molar-refractivity contribution < 1.29 is 18.9 Å². The molecule has 3 rings (SSSR count). The van der Waals surface area contributed by atoms with Crippen LogP contribution in [0.25, 0.3) is 11.0 Å². The fourth-order valence-electron chi connectivity index (χ4n) is 2.33. The van der Waals surface area contributed by atoms with Crippen LogP contribution in [-0.2, 0) is 0 Å². The largest absolute Gasteiger partial charge is 0.490 e. The van der Waals surface area contributed by atoms with Crippen LogP contribution in [0.5, 0.6) is 5.75 Å². The van der Waals surface area contributed by atoms with E-state index in [1.54, 1.807) is 24.3 Å². The van der Waals surface area contributed by atoms with Gasteiger partial charge in [-0.15, -0.1) is 0 Å². The van der Waals surface area contributed by atoms with Gasteiger partial charge in [-0.05, 0) is 36.4 Å². The number of anilines is 1. The molecule has 0 bridgehead atoms. The summed E-state index contributed by atoms with van der Waals surface area (Å²) in [4.78, 5) is 33.9. The molecule has 0 radical (unpaired) electrons. The molecule has 0 aliphatic rings. The molecule has 0 atom stereocenters. The van der Waals surface area contributed by atoms with Crippen LogP contribution in [0.4, 0.5) is 11.4 Å². The Kier molecular flexibility index (Phi) is 4.17. The Hall–Kier alpha value is -3.68. The molecule has 126 valence electrons. The number of benzene rings is 2. The van der Waals surface area contributed by atoms with E-state index < -0.39 is 16.5 Å². The second kappa shape index (κ2) is 6.44. The van der Waals surface area contributed by atoms with Crippen molar-refractivity contribution >= 4 is 28.3 Å². The number of nitro benzene ring substituents is 1. The van der Waals surface area contributed by atoms with Crippen molar-refractivity contribution in [2.45, 2.75) is 0 Å². The molecule has 3 aromatic rings. The van der Waals surface area contributed by atoms with Crippen molar-refractivity contribution in [1.29, 1.82) is 0 Å². The van der Waals surface area contributed by atoms with Gasteiger partial charge in [-0.3, -0.25) is 14.9 Å². The predicted molar refractivity (Wildman–Crippen MR) is 90.1 cm³/mol. The van der Waals surface area contributed by atoms with Gasteiger partial charge in [0, 0.05) is 28.8 Å². The molecule has 8 heteroatoms. The minimum absolute atomic E-state index is 0.0716. The molecule has 0 spiro atoms. The topological polar surface area (TPSA) is 112 Å². The van der Waals surface area contributed by atoms with Gasteiger partial charge in [0.1, 0.15) is 5.58 Å². The molecule has 0 unspecified atom stereocenters. The molecular formula is C17H12N2O6. The number of fused-ring (bicyclic) bond motifs is 1. The summed E-state index contributed by atoms with van der Waals surface area (Å²) in [6.45, 7) is 0. The van der Waals surface area contributed by atoms with Crippen molar-refractivity contribution in [2.75, 3.05) is 12.4 Å². The minimum Gasteiger partial charge on any atom is -0.490 e. The summed E-state index contributed by atoms with van der Waals surface area (Å²) in [5, 5.41) is 14.3. The highest BCUT2D eigenvalue weighted by atomic mass is 16.6. The molecule has 0 fully saturated rings. The third-order valence-electron chi connectivity index (χ3n) is 3.51. The first-order chi connectivity index (χ1) is 12.0. The van der Waals surface area contributed by atoms with Gasteiger partial charge < -0.3 is 14.5 Å². The number of hydrogen-bond acceptors (Lipinski definition) is 6. The van der Waals surface area contributed by atoms with E-state index in [1.165, 1.54) is 25.3 Å². The first kappa shape index (κ1) is 16.2. The van der Waals surface area contributed by atoms with Gasteiger partial charge in [0.25, 0.3) is 5.91 Å². The molecular weight excluding hydrogens is 328 g/mol. The molecule has 1 heterocycles. The fraction of sp³-hybridized carbons (Fsp3) is 0.0588. The third-order valence-corrected chi connectivity index (χ3v) is 3.51. The van der Waals surface area contributed by atoms with Crippen LogP contribution in [0.1, 0.15) is 10.4 Å². The van der Waals surface area contributed by atoms with Gasteiger partial charge in [0.2, 0.25) is 0 Å². The Morgan fingerprint density at radius 2 is 1.96 bits per heavy atom. The standard InChI is InChI=1S/C17H12N2O6/c1-24-15-5-2-11(9-13(15)19(22)23)17(21)18-12-4-6-14-10(8-12)3-7-16(20)25-14/h2-9H,1H3,(H,18,21). The summed E-state index contributed by atoms with van der Waals surface area (Å²) in [5.74, 6) is -0.440. The molecule has 2 aromatic carbocycles. The van der Waals surface area contributed by atoms with Crippen LogP contribution < -0.4 is 15.7 Å². The normalized spacial score (nSPS) is 10.4. The summed E-state index contributed by atoms with van der Waals surface area (Å²) in [6, 6.07) is 11.6. The lowest BCUT2D eigenvalue weighted by Gasteiger charge is -2.07. The number of rotatable bonds is 4. The summed E-state index contributed by atoms with van der Waals surface area (Å²) >= 11 is 0. The molecule has 0 saturated carbocycles. The second-order valence-electron chi connectivity index (χ2n) is 5.10. The zero-order chi connectivity index (χ0) is 18.0. The highest BCUT2D eigenvalue weighted by molar-refractivity contribution is 6.05. The van der Waals surface area contributed by atoms with E-state index >= 15 is 0 Å². The van der Waals surface area contributed by atoms with Gasteiger partial charge in [0.05, 0.1) is 12.0 Å². The number of nitro groups is 1. The SMILES string of the molecule is COc1ccc(C(=O)Nc2ccc3oc(=O)ccc3c2)cc1[N+](=O)[O-]. The molecule has 8 nitrogen and oxygen atoms in total. The van der Waals surface area contributed by atoms with Crippen LogP contribution in [0.15, 0.2) is 57.7 Å². The third kappa shape index (κ3) is 3.32. The van der Waals surface area contributed by atoms with Crippen molar-refractivity contribution in [3.8, 4) is 5.75 Å². The highest BCUT2D eigenvalue weighted by Crippen LogP contribution is 2.28. The van der Waals surface area contributed by atoms with E-state index in [1.807, 2.05) is 0 Å². The number of methoxy groups -OCH3 is 1. The Balaban J connectivity index is 1.89. The van der Waals surface area contributed by atoms with Crippen molar-refractivity contribution in [1.82, 2.24) is 0 Å². The molecule has 1 N–H and O–H groups in total. The van der Waals surface area contributed by atoms with E-state index in [2.05, 4.69) is 5.32 Å². The maximum atomic E-state index is 12.3. The van der Waals surface area contributed by atoms with Crippen molar-refractivity contribution in [3.05, 3.63) is 74.6 Å². The average Bonchev–Trinajstić information content (AvgIpc) is 2.61. The van der Waals surface area contributed by atoms with E-state index in [-0.39, 0.29) is 17.0 Å². The van der Waals surface area contributed by atoms with Crippen LogP contribution in [-0.4, -0.2) is 17.9 Å². The fourth-order valence-corrected chi connectivity index (χ4v) is 2.33. The monoisotopic (exact) mass is 340 g/mol. The van der Waals surface area contributed by atoms with Gasteiger partial charge in [0.15, 0.2) is 5.75 Å². The lowest BCUT2D eigenvalue weighted by molar-refractivity contribution is -0.385. The zero-order valence-electron chi connectivity index (χ0n) is 13.0. The summed E-state index contributed by atoms with van der Waals surface area (Å²) < 4.78 is 9.92. The van der Waals surface area contributed by atoms with Gasteiger partial charge in [-0.25, -0.2) is 4.79 Å². The second-order valence-corrected chi connectivity index (χ2v) is 5.10. The van der Waals surface area contributed by atoms with Crippen LogP contribution in [0.3, 0.4) is 0 Å². The number of hydrogen-bond donors (Lipinski definition) is 1. The number of amides is 1. The number of nitrogens with one attached hydrogen (secondary N) is 1. The highest BCUT2D eigenvalue weighted by Gasteiger charge is 2.18. The maximum absolute atomic E-state index is 12.3. The van der Waals surface area contributed by atoms with Gasteiger partial charge >= 0.3 is 11.3 Å². The Bertz CT molecular complexity index is 1040. The summed E-state index contributed by atoms with van der Waals surface area (Å²) in [6.07, 6.45) is 0. The number of nitrogens with zero attached hydrogens (tertiary/aromatic N) is 1. The van der Waals surface area contributed by atoms with Crippen molar-refractivity contribution in [2.24, 2.45) is 0 Å². The van der Waals surface area contributed by atoms with Gasteiger partial charge in [-0.1, -0.05) is 0 Å². The molecule has 0 aliphatic carbocycles. The molecule has 1 aromatic heterocycles. The smallest absolute Gasteiger partial charge is 0.336 e. The number of carbonyl (C=O) groups is 1. The Morgan fingerprint density at radius 3 is 2.68 bits per heavy atom. The lowest BCUT2D eigenvalue weighted by Crippen LogP contribution is -2.12. The number of ether oxygens (including phenoxy) is 1. The minimum atomic E-state index is -0.617. The van der Waals surface area contributed by atoms with Crippen LogP contribution >= 0.6 is 0 Å². The van der Waals surface area contributed by atoms with E-state index in [9.17, 15) is 19.7 Å². The molecule has 0 aliphatic heterocycles. The quantitative estimate of drug-likeness (QED) is 0.444. The zero-order valence-corrected chi connectivity index (χ0v) is 13.0. The summed E-state index contributed by atoms with van der Waals surface area (Å²) in [5.41, 5.74) is 0.216.